The predicted octanol–water partition coefficient (Wildman–Crippen LogP) is 0.158. The zero-order valence-corrected chi connectivity index (χ0v) is 12.8. The molecule has 0 radical (unpaired) electrons. The molecule has 9 heteroatoms. The van der Waals surface area contributed by atoms with Gasteiger partial charge >= 0.3 is 6.09 Å². The van der Waals surface area contributed by atoms with Crippen LogP contribution in [0, 0.1) is 17.2 Å². The lowest BCUT2D eigenvalue weighted by Crippen LogP contribution is -2.54. The van der Waals surface area contributed by atoms with E-state index in [1.807, 2.05) is 6.07 Å². The number of carbonyl (C=O) groups is 2. The Morgan fingerprint density at radius 2 is 1.96 bits per heavy atom. The van der Waals surface area contributed by atoms with E-state index in [4.69, 9.17) is 5.26 Å². The number of rotatable bonds is 4. The number of sulfonamides is 1. The number of amides is 2. The van der Waals surface area contributed by atoms with Crippen molar-refractivity contribution >= 4 is 22.0 Å². The van der Waals surface area contributed by atoms with Crippen LogP contribution < -0.4 is 0 Å². The normalized spacial score (nSPS) is 19.3. The summed E-state index contributed by atoms with van der Waals surface area (Å²) in [5, 5.41) is 9.03. The highest BCUT2D eigenvalue weighted by molar-refractivity contribution is 7.89. The molecule has 1 aromatic rings. The predicted molar refractivity (Wildman–Crippen MR) is 76.5 cm³/mol. The largest absolute Gasteiger partial charge is 0.439 e. The molecule has 0 N–H and O–H groups in total. The Bertz CT molecular complexity index is 792. The van der Waals surface area contributed by atoms with Crippen LogP contribution in [0.4, 0.5) is 4.79 Å². The molecule has 0 saturated carbocycles. The molecule has 2 saturated heterocycles. The highest BCUT2D eigenvalue weighted by atomic mass is 32.2. The fourth-order valence-corrected chi connectivity index (χ4v) is 4.31. The number of hydrogen-bond donors (Lipinski definition) is 0. The van der Waals surface area contributed by atoms with Gasteiger partial charge in [-0.3, -0.25) is 4.79 Å². The van der Waals surface area contributed by atoms with Crippen molar-refractivity contribution < 1.29 is 22.7 Å². The molecule has 0 aliphatic carbocycles. The van der Waals surface area contributed by atoms with Gasteiger partial charge < -0.3 is 4.74 Å². The van der Waals surface area contributed by atoms with Crippen LogP contribution >= 0.6 is 0 Å². The van der Waals surface area contributed by atoms with Crippen molar-refractivity contribution in [2.24, 2.45) is 5.92 Å². The number of ether oxygens (including phenoxy) is 1. The van der Waals surface area contributed by atoms with E-state index in [1.165, 1.54) is 16.4 Å². The van der Waals surface area contributed by atoms with Gasteiger partial charge in [0.05, 0.1) is 10.5 Å². The molecule has 0 unspecified atom stereocenters. The van der Waals surface area contributed by atoms with E-state index in [2.05, 4.69) is 4.74 Å². The third-order valence-electron chi connectivity index (χ3n) is 3.83. The quantitative estimate of drug-likeness (QED) is 0.775. The minimum atomic E-state index is -3.75. The second kappa shape index (κ2) is 5.64. The molecule has 2 heterocycles. The lowest BCUT2D eigenvalue weighted by atomic mass is 10.0. The monoisotopic (exact) mass is 335 g/mol. The molecule has 0 atom stereocenters. The minimum Gasteiger partial charge on any atom is -0.439 e. The van der Waals surface area contributed by atoms with Crippen LogP contribution in [0.3, 0.4) is 0 Å². The van der Waals surface area contributed by atoms with Gasteiger partial charge in [0.25, 0.3) is 5.91 Å². The highest BCUT2D eigenvalue weighted by Crippen LogP contribution is 2.28. The Morgan fingerprint density at radius 1 is 1.26 bits per heavy atom. The molecule has 120 valence electrons. The van der Waals surface area contributed by atoms with Gasteiger partial charge in [0.1, 0.15) is 6.07 Å². The van der Waals surface area contributed by atoms with Gasteiger partial charge in [0.15, 0.2) is 6.61 Å². The average Bonchev–Trinajstić information content (AvgIpc) is 2.81. The number of cyclic esters (lactones) is 1. The van der Waals surface area contributed by atoms with Crippen LogP contribution in [0.15, 0.2) is 29.2 Å². The SMILES string of the molecule is N#Cc1ccccc1S(=O)(=O)N1CC(CN2C(=O)COC2=O)C1. The fourth-order valence-electron chi connectivity index (χ4n) is 2.57. The summed E-state index contributed by atoms with van der Waals surface area (Å²) in [5.41, 5.74) is 0.0919. The third-order valence-corrected chi connectivity index (χ3v) is 5.72. The van der Waals surface area contributed by atoms with Crippen LogP contribution in [-0.4, -0.2) is 55.9 Å². The number of nitrogens with zero attached hydrogens (tertiary/aromatic N) is 3. The second-order valence-corrected chi connectivity index (χ2v) is 7.26. The summed E-state index contributed by atoms with van der Waals surface area (Å²) in [6.45, 7) is 0.269. The summed E-state index contributed by atoms with van der Waals surface area (Å²) in [5.74, 6) is -0.542. The van der Waals surface area contributed by atoms with Gasteiger partial charge in [0, 0.05) is 25.6 Å². The number of nitriles is 1. The van der Waals surface area contributed by atoms with Crippen molar-refractivity contribution in [1.82, 2.24) is 9.21 Å². The zero-order chi connectivity index (χ0) is 16.6. The lowest BCUT2D eigenvalue weighted by molar-refractivity contribution is -0.126. The van der Waals surface area contributed by atoms with Crippen molar-refractivity contribution in [2.75, 3.05) is 26.2 Å². The summed E-state index contributed by atoms with van der Waals surface area (Å²) in [6.07, 6.45) is -0.689. The summed E-state index contributed by atoms with van der Waals surface area (Å²) in [4.78, 5) is 23.8. The van der Waals surface area contributed by atoms with Gasteiger partial charge in [-0.05, 0) is 12.1 Å². The van der Waals surface area contributed by atoms with E-state index in [0.29, 0.717) is 0 Å². The summed E-state index contributed by atoms with van der Waals surface area (Å²) in [7, 11) is -3.75. The number of imide groups is 1. The lowest BCUT2D eigenvalue weighted by Gasteiger charge is -2.39. The Labute approximate surface area is 132 Å². The average molecular weight is 335 g/mol. The molecule has 0 bridgehead atoms. The summed E-state index contributed by atoms with van der Waals surface area (Å²) >= 11 is 0. The van der Waals surface area contributed by atoms with Gasteiger partial charge in [-0.2, -0.15) is 9.57 Å². The Morgan fingerprint density at radius 3 is 2.57 bits per heavy atom. The minimum absolute atomic E-state index is 0.0300. The maximum Gasteiger partial charge on any atom is 0.417 e. The molecular formula is C14H13N3O5S. The highest BCUT2D eigenvalue weighted by Gasteiger charge is 2.41. The first-order chi connectivity index (χ1) is 10.9. The van der Waals surface area contributed by atoms with Gasteiger partial charge in [-0.25, -0.2) is 18.1 Å². The van der Waals surface area contributed by atoms with Crippen LogP contribution in [-0.2, 0) is 19.6 Å². The Balaban J connectivity index is 1.68. The summed E-state index contributed by atoms with van der Waals surface area (Å²) < 4.78 is 30.9. The first-order valence-electron chi connectivity index (χ1n) is 6.90. The van der Waals surface area contributed by atoms with Crippen LogP contribution in [0.2, 0.25) is 0 Å². The molecule has 2 aliphatic rings. The first-order valence-corrected chi connectivity index (χ1v) is 8.34. The standard InChI is InChI=1S/C14H13N3O5S/c15-5-11-3-1-2-4-12(11)23(20,21)16-6-10(7-16)8-17-13(18)9-22-14(17)19/h1-4,10H,6-9H2. The van der Waals surface area contributed by atoms with E-state index in [9.17, 15) is 18.0 Å². The smallest absolute Gasteiger partial charge is 0.417 e. The number of benzene rings is 1. The second-order valence-electron chi connectivity index (χ2n) is 5.35. The number of hydrogen-bond acceptors (Lipinski definition) is 6. The van der Waals surface area contributed by atoms with Crippen molar-refractivity contribution in [3.8, 4) is 6.07 Å². The van der Waals surface area contributed by atoms with Crippen LogP contribution in [0.5, 0.6) is 0 Å². The first kappa shape index (κ1) is 15.5. The van der Waals surface area contributed by atoms with E-state index in [-0.39, 0.29) is 42.6 Å². The summed E-state index contributed by atoms with van der Waals surface area (Å²) in [6, 6.07) is 7.86. The molecule has 23 heavy (non-hydrogen) atoms. The molecule has 0 aromatic heterocycles. The fraction of sp³-hybridized carbons (Fsp3) is 0.357. The molecule has 8 nitrogen and oxygen atoms in total. The van der Waals surface area contributed by atoms with Gasteiger partial charge in [-0.15, -0.1) is 0 Å². The van der Waals surface area contributed by atoms with Gasteiger partial charge in [0.2, 0.25) is 10.0 Å². The van der Waals surface area contributed by atoms with E-state index >= 15 is 0 Å². The van der Waals surface area contributed by atoms with E-state index in [0.717, 1.165) is 4.90 Å². The van der Waals surface area contributed by atoms with Crippen molar-refractivity contribution in [1.29, 1.82) is 5.26 Å². The number of carbonyl (C=O) groups excluding carboxylic acids is 2. The van der Waals surface area contributed by atoms with Crippen LogP contribution in [0.1, 0.15) is 5.56 Å². The molecule has 0 spiro atoms. The Kier molecular flexibility index (Phi) is 3.79. The molecule has 1 aromatic carbocycles. The maximum atomic E-state index is 12.5. The van der Waals surface area contributed by atoms with E-state index in [1.54, 1.807) is 12.1 Å². The molecule has 2 fully saturated rings. The molecule has 2 aliphatic heterocycles. The topological polar surface area (TPSA) is 108 Å². The molecule has 2 amide bonds. The zero-order valence-electron chi connectivity index (χ0n) is 12.0. The van der Waals surface area contributed by atoms with Crippen molar-refractivity contribution in [2.45, 2.75) is 4.90 Å². The van der Waals surface area contributed by atoms with E-state index < -0.39 is 22.0 Å². The van der Waals surface area contributed by atoms with Crippen molar-refractivity contribution in [3.63, 3.8) is 0 Å². The van der Waals surface area contributed by atoms with Crippen LogP contribution in [0.25, 0.3) is 0 Å². The van der Waals surface area contributed by atoms with Crippen molar-refractivity contribution in [3.05, 3.63) is 29.8 Å². The molecule has 3 rings (SSSR count). The van der Waals surface area contributed by atoms with Gasteiger partial charge in [-0.1, -0.05) is 12.1 Å². The third kappa shape index (κ3) is 2.67. The molecular weight excluding hydrogens is 322 g/mol. The maximum absolute atomic E-state index is 12.5. The Hall–Kier alpha value is -2.44.